The number of nitrogens with one attached hydrogen (secondary N) is 1. The molecule has 5 nitrogen and oxygen atoms in total. The van der Waals surface area contributed by atoms with Gasteiger partial charge in [-0.1, -0.05) is 6.92 Å². The van der Waals surface area contributed by atoms with Crippen LogP contribution in [0, 0.1) is 0 Å². The minimum atomic E-state index is -0.366. The van der Waals surface area contributed by atoms with Crippen LogP contribution in [0.4, 0.5) is 11.4 Å². The van der Waals surface area contributed by atoms with Crippen LogP contribution in [0.5, 0.6) is 0 Å². The fourth-order valence-corrected chi connectivity index (χ4v) is 1.78. The first-order chi connectivity index (χ1) is 8.95. The number of benzene rings is 1. The van der Waals surface area contributed by atoms with E-state index < -0.39 is 0 Å². The lowest BCUT2D eigenvalue weighted by atomic mass is 10.1. The van der Waals surface area contributed by atoms with Gasteiger partial charge in [0.25, 0.3) is 5.91 Å². The molecular weight excluding hydrogens is 242 g/mol. The van der Waals surface area contributed by atoms with Crippen molar-refractivity contribution in [1.29, 1.82) is 0 Å². The first kappa shape index (κ1) is 15.3. The van der Waals surface area contributed by atoms with Gasteiger partial charge in [-0.15, -0.1) is 0 Å². The van der Waals surface area contributed by atoms with Gasteiger partial charge in [0.2, 0.25) is 0 Å². The number of carbonyl (C=O) groups excluding carboxylic acids is 1. The Morgan fingerprint density at radius 3 is 2.74 bits per heavy atom. The Balaban J connectivity index is 2.73. The third kappa shape index (κ3) is 4.44. The van der Waals surface area contributed by atoms with Gasteiger partial charge in [-0.3, -0.25) is 4.79 Å². The first-order valence-electron chi connectivity index (χ1n) is 6.48. The maximum Gasteiger partial charge on any atom is 0.253 e. The van der Waals surface area contributed by atoms with Crippen LogP contribution in [0.3, 0.4) is 0 Å². The lowest BCUT2D eigenvalue weighted by Crippen LogP contribution is -2.28. The van der Waals surface area contributed by atoms with Gasteiger partial charge in [0.1, 0.15) is 0 Å². The van der Waals surface area contributed by atoms with Crippen molar-refractivity contribution in [2.75, 3.05) is 31.3 Å². The molecule has 0 aliphatic rings. The fourth-order valence-electron chi connectivity index (χ4n) is 1.78. The SMILES string of the molecule is CCC(O)CCNC(=O)c1cc(N)ccc1N(C)C. The topological polar surface area (TPSA) is 78.6 Å². The third-order valence-corrected chi connectivity index (χ3v) is 2.98. The number of anilines is 2. The maximum atomic E-state index is 12.1. The van der Waals surface area contributed by atoms with Crippen molar-refractivity contribution >= 4 is 17.3 Å². The smallest absolute Gasteiger partial charge is 0.253 e. The van der Waals surface area contributed by atoms with E-state index in [-0.39, 0.29) is 12.0 Å². The zero-order valence-electron chi connectivity index (χ0n) is 11.8. The van der Waals surface area contributed by atoms with Crippen molar-refractivity contribution in [2.24, 2.45) is 0 Å². The number of amides is 1. The number of aliphatic hydroxyl groups is 1. The van der Waals surface area contributed by atoms with E-state index in [4.69, 9.17) is 5.73 Å². The molecule has 0 aromatic heterocycles. The molecule has 0 bridgehead atoms. The van der Waals surface area contributed by atoms with Crippen LogP contribution >= 0.6 is 0 Å². The van der Waals surface area contributed by atoms with Crippen molar-refractivity contribution < 1.29 is 9.90 Å². The van der Waals surface area contributed by atoms with Crippen molar-refractivity contribution in [3.8, 4) is 0 Å². The zero-order valence-corrected chi connectivity index (χ0v) is 11.8. The Morgan fingerprint density at radius 2 is 2.16 bits per heavy atom. The molecule has 0 spiro atoms. The molecule has 0 radical (unpaired) electrons. The summed E-state index contributed by atoms with van der Waals surface area (Å²) >= 11 is 0. The minimum Gasteiger partial charge on any atom is -0.399 e. The molecule has 1 unspecified atom stereocenters. The van der Waals surface area contributed by atoms with E-state index in [9.17, 15) is 9.90 Å². The van der Waals surface area contributed by atoms with Crippen LogP contribution < -0.4 is 16.0 Å². The van der Waals surface area contributed by atoms with Gasteiger partial charge in [0.15, 0.2) is 0 Å². The van der Waals surface area contributed by atoms with Gasteiger partial charge in [-0.25, -0.2) is 0 Å². The molecule has 1 aromatic rings. The highest BCUT2D eigenvalue weighted by Gasteiger charge is 2.13. The molecule has 0 fully saturated rings. The molecule has 0 saturated heterocycles. The Kier molecular flexibility index (Phi) is 5.63. The molecule has 5 heteroatoms. The molecular formula is C14H23N3O2. The Bertz CT molecular complexity index is 433. The molecule has 1 aromatic carbocycles. The molecule has 19 heavy (non-hydrogen) atoms. The van der Waals surface area contributed by atoms with Gasteiger partial charge in [0.05, 0.1) is 11.7 Å². The van der Waals surface area contributed by atoms with E-state index in [0.717, 1.165) is 5.69 Å². The van der Waals surface area contributed by atoms with E-state index in [2.05, 4.69) is 5.32 Å². The monoisotopic (exact) mass is 265 g/mol. The normalized spacial score (nSPS) is 12.0. The molecule has 4 N–H and O–H groups in total. The summed E-state index contributed by atoms with van der Waals surface area (Å²) in [5.41, 5.74) is 7.66. The highest BCUT2D eigenvalue weighted by atomic mass is 16.3. The second-order valence-electron chi connectivity index (χ2n) is 4.78. The van der Waals surface area contributed by atoms with Crippen LogP contribution in [0.15, 0.2) is 18.2 Å². The largest absolute Gasteiger partial charge is 0.399 e. The summed E-state index contributed by atoms with van der Waals surface area (Å²) < 4.78 is 0. The molecule has 106 valence electrons. The van der Waals surface area contributed by atoms with E-state index in [1.165, 1.54) is 0 Å². The second-order valence-corrected chi connectivity index (χ2v) is 4.78. The quantitative estimate of drug-likeness (QED) is 0.676. The number of carbonyl (C=O) groups is 1. The van der Waals surface area contributed by atoms with Crippen molar-refractivity contribution in [1.82, 2.24) is 5.32 Å². The summed E-state index contributed by atoms with van der Waals surface area (Å²) in [4.78, 5) is 14.0. The van der Waals surface area contributed by atoms with Crippen molar-refractivity contribution in [3.05, 3.63) is 23.8 Å². The molecule has 0 aliphatic heterocycles. The van der Waals surface area contributed by atoms with E-state index in [0.29, 0.717) is 30.6 Å². The Morgan fingerprint density at radius 1 is 1.47 bits per heavy atom. The van der Waals surface area contributed by atoms with Crippen molar-refractivity contribution in [3.63, 3.8) is 0 Å². The number of nitrogens with two attached hydrogens (primary N) is 1. The summed E-state index contributed by atoms with van der Waals surface area (Å²) in [6, 6.07) is 5.26. The zero-order chi connectivity index (χ0) is 14.4. The van der Waals surface area contributed by atoms with E-state index >= 15 is 0 Å². The molecule has 1 rings (SSSR count). The molecule has 1 atom stereocenters. The number of hydrogen-bond donors (Lipinski definition) is 3. The summed E-state index contributed by atoms with van der Waals surface area (Å²) in [6.07, 6.45) is 0.883. The number of nitrogen functional groups attached to an aromatic ring is 1. The number of nitrogens with zero attached hydrogens (tertiary/aromatic N) is 1. The van der Waals surface area contributed by atoms with Gasteiger partial charge in [-0.2, -0.15) is 0 Å². The van der Waals surface area contributed by atoms with Gasteiger partial charge >= 0.3 is 0 Å². The summed E-state index contributed by atoms with van der Waals surface area (Å²) in [5.74, 6) is -0.167. The Hall–Kier alpha value is -1.75. The summed E-state index contributed by atoms with van der Waals surface area (Å²) in [7, 11) is 3.76. The van der Waals surface area contributed by atoms with Crippen LogP contribution in [-0.2, 0) is 0 Å². The van der Waals surface area contributed by atoms with Gasteiger partial charge in [-0.05, 0) is 31.0 Å². The first-order valence-corrected chi connectivity index (χ1v) is 6.48. The number of rotatable bonds is 6. The minimum absolute atomic E-state index is 0.167. The molecule has 0 saturated carbocycles. The fraction of sp³-hybridized carbons (Fsp3) is 0.500. The predicted octanol–water partition coefficient (Wildman–Crippen LogP) is 1.23. The summed E-state index contributed by atoms with van der Waals surface area (Å²) in [6.45, 7) is 2.37. The molecule has 0 heterocycles. The lowest BCUT2D eigenvalue weighted by Gasteiger charge is -2.18. The Labute approximate surface area is 114 Å². The van der Waals surface area contributed by atoms with Gasteiger partial charge < -0.3 is 21.1 Å². The van der Waals surface area contributed by atoms with Crippen molar-refractivity contribution in [2.45, 2.75) is 25.9 Å². The highest BCUT2D eigenvalue weighted by Crippen LogP contribution is 2.21. The molecule has 0 aliphatic carbocycles. The second kappa shape index (κ2) is 6.99. The average Bonchev–Trinajstić information content (AvgIpc) is 2.37. The summed E-state index contributed by atoms with van der Waals surface area (Å²) in [5, 5.41) is 12.3. The highest BCUT2D eigenvalue weighted by molar-refractivity contribution is 6.00. The van der Waals surface area contributed by atoms with E-state index in [1.807, 2.05) is 32.0 Å². The van der Waals surface area contributed by atoms with Crippen LogP contribution in [-0.4, -0.2) is 37.8 Å². The average molecular weight is 265 g/mol. The van der Waals surface area contributed by atoms with Crippen LogP contribution in [0.1, 0.15) is 30.1 Å². The van der Waals surface area contributed by atoms with Crippen LogP contribution in [0.2, 0.25) is 0 Å². The maximum absolute atomic E-state index is 12.1. The lowest BCUT2D eigenvalue weighted by molar-refractivity contribution is 0.0942. The predicted molar refractivity (Wildman–Crippen MR) is 78.4 cm³/mol. The third-order valence-electron chi connectivity index (χ3n) is 2.98. The van der Waals surface area contributed by atoms with E-state index in [1.54, 1.807) is 12.1 Å². The number of hydrogen-bond acceptors (Lipinski definition) is 4. The number of aliphatic hydroxyl groups excluding tert-OH is 1. The van der Waals surface area contributed by atoms with Crippen LogP contribution in [0.25, 0.3) is 0 Å². The molecule has 1 amide bonds. The standard InChI is InChI=1S/C14H23N3O2/c1-4-11(18)7-8-16-14(19)12-9-10(15)5-6-13(12)17(2)3/h5-6,9,11,18H,4,7-8,15H2,1-3H3,(H,16,19). The van der Waals surface area contributed by atoms with Gasteiger partial charge in [0, 0.05) is 32.0 Å².